The van der Waals surface area contributed by atoms with E-state index < -0.39 is 17.7 Å². The molecule has 1 aliphatic heterocycles. The van der Waals surface area contributed by atoms with Crippen molar-refractivity contribution in [2.24, 2.45) is 5.92 Å². The second kappa shape index (κ2) is 12.9. The Bertz CT molecular complexity index is 1200. The van der Waals surface area contributed by atoms with E-state index in [1.165, 1.54) is 19.3 Å². The van der Waals surface area contributed by atoms with Gasteiger partial charge in [-0.15, -0.1) is 0 Å². The fraction of sp³-hybridized carbons (Fsp3) is 0.656. The van der Waals surface area contributed by atoms with E-state index in [0.29, 0.717) is 36.9 Å². The maximum atomic E-state index is 14.8. The standard InChI is InChI=1S/C32H48FN3O3S/c1-31(2,3)26-18-23(12-13-29(26)40(38)35-32(4,5)6)27-19-25(30(37)34-24-14-16-39-17-15-24)28(20-33)36(27)21-22-10-8-7-9-11-22/h12-13,18-19,22,24,35H,7-11,14-17,20-21H2,1-6H3,(H,34,37). The molecule has 1 aromatic heterocycles. The SMILES string of the molecule is CC(C)(C)NS(=O)c1ccc(-c2cc(C(=O)NC3CCOCC3)c(CF)n2CC2CCCCC2)cc1C(C)(C)C. The Balaban J connectivity index is 1.78. The molecular weight excluding hydrogens is 525 g/mol. The zero-order valence-corrected chi connectivity index (χ0v) is 26.0. The van der Waals surface area contributed by atoms with Crippen LogP contribution in [-0.4, -0.2) is 39.5 Å². The van der Waals surface area contributed by atoms with E-state index in [1.807, 2.05) is 39.0 Å². The van der Waals surface area contributed by atoms with Gasteiger partial charge in [-0.05, 0) is 87.1 Å². The van der Waals surface area contributed by atoms with Gasteiger partial charge in [-0.25, -0.2) is 13.3 Å². The van der Waals surface area contributed by atoms with E-state index in [-0.39, 0.29) is 22.9 Å². The number of nitrogens with one attached hydrogen (secondary N) is 2. The lowest BCUT2D eigenvalue weighted by Crippen LogP contribution is -2.39. The number of carbonyl (C=O) groups is 1. The first-order valence-electron chi connectivity index (χ1n) is 14.9. The highest BCUT2D eigenvalue weighted by Gasteiger charge is 2.28. The molecule has 1 unspecified atom stereocenters. The normalized spacial score (nSPS) is 18.6. The van der Waals surface area contributed by atoms with Gasteiger partial charge in [0.05, 0.1) is 16.2 Å². The lowest BCUT2D eigenvalue weighted by molar-refractivity contribution is 0.0695. The number of hydrogen-bond acceptors (Lipinski definition) is 3. The Morgan fingerprint density at radius 1 is 1.02 bits per heavy atom. The van der Waals surface area contributed by atoms with Gasteiger partial charge in [-0.2, -0.15) is 0 Å². The van der Waals surface area contributed by atoms with Crippen LogP contribution >= 0.6 is 0 Å². The maximum Gasteiger partial charge on any atom is 0.253 e. The number of nitrogens with zero attached hydrogens (tertiary/aromatic N) is 1. The minimum atomic E-state index is -1.39. The molecule has 2 fully saturated rings. The van der Waals surface area contributed by atoms with Crippen LogP contribution in [0.15, 0.2) is 29.2 Å². The first-order valence-corrected chi connectivity index (χ1v) is 16.0. The molecule has 4 rings (SSSR count). The van der Waals surface area contributed by atoms with E-state index in [1.54, 1.807) is 0 Å². The van der Waals surface area contributed by atoms with E-state index in [4.69, 9.17) is 4.74 Å². The molecule has 1 saturated carbocycles. The van der Waals surface area contributed by atoms with Crippen LogP contribution < -0.4 is 10.0 Å². The quantitative estimate of drug-likeness (QED) is 0.364. The summed E-state index contributed by atoms with van der Waals surface area (Å²) >= 11 is 0. The molecule has 1 amide bonds. The zero-order valence-electron chi connectivity index (χ0n) is 25.2. The van der Waals surface area contributed by atoms with Gasteiger partial charge in [0.2, 0.25) is 0 Å². The minimum Gasteiger partial charge on any atom is -0.381 e. The molecule has 8 heteroatoms. The molecule has 2 aromatic rings. The van der Waals surface area contributed by atoms with Crippen molar-refractivity contribution in [3.63, 3.8) is 0 Å². The summed E-state index contributed by atoms with van der Waals surface area (Å²) in [6.07, 6.45) is 7.41. The molecule has 0 radical (unpaired) electrons. The third-order valence-electron chi connectivity index (χ3n) is 7.98. The summed E-state index contributed by atoms with van der Waals surface area (Å²) in [4.78, 5) is 14.3. The molecule has 1 atom stereocenters. The maximum absolute atomic E-state index is 14.8. The van der Waals surface area contributed by atoms with Gasteiger partial charge in [-0.1, -0.05) is 46.1 Å². The smallest absolute Gasteiger partial charge is 0.253 e. The van der Waals surface area contributed by atoms with Gasteiger partial charge >= 0.3 is 0 Å². The number of hydrogen-bond donors (Lipinski definition) is 2. The number of rotatable bonds is 8. The van der Waals surface area contributed by atoms with Crippen molar-refractivity contribution >= 4 is 16.9 Å². The second-order valence-electron chi connectivity index (χ2n) is 13.6. The highest BCUT2D eigenvalue weighted by Crippen LogP contribution is 2.36. The van der Waals surface area contributed by atoms with Crippen LogP contribution in [0.2, 0.25) is 0 Å². The van der Waals surface area contributed by atoms with Crippen molar-refractivity contribution in [2.75, 3.05) is 13.2 Å². The van der Waals surface area contributed by atoms with Gasteiger partial charge in [0.15, 0.2) is 0 Å². The molecule has 6 nitrogen and oxygen atoms in total. The molecule has 2 aliphatic rings. The minimum absolute atomic E-state index is 0.0379. The molecule has 2 heterocycles. The Morgan fingerprint density at radius 2 is 1.70 bits per heavy atom. The molecular formula is C32H48FN3O3S. The molecule has 1 aliphatic carbocycles. The van der Waals surface area contributed by atoms with E-state index >= 15 is 0 Å². The fourth-order valence-electron chi connectivity index (χ4n) is 5.88. The van der Waals surface area contributed by atoms with Crippen LogP contribution in [0.1, 0.15) is 108 Å². The number of amides is 1. The summed E-state index contributed by atoms with van der Waals surface area (Å²) in [7, 11) is -1.39. The number of carbonyl (C=O) groups excluding carboxylic acids is 1. The van der Waals surface area contributed by atoms with Crippen LogP contribution in [0.3, 0.4) is 0 Å². The number of halogens is 1. The van der Waals surface area contributed by atoms with Gasteiger partial charge < -0.3 is 14.6 Å². The summed E-state index contributed by atoms with van der Waals surface area (Å²) < 4.78 is 38.9. The van der Waals surface area contributed by atoms with Crippen molar-refractivity contribution in [1.29, 1.82) is 0 Å². The Hall–Kier alpha value is -2.03. The van der Waals surface area contributed by atoms with Crippen molar-refractivity contribution in [3.8, 4) is 11.3 Å². The van der Waals surface area contributed by atoms with Crippen molar-refractivity contribution in [2.45, 2.75) is 122 Å². The summed E-state index contributed by atoms with van der Waals surface area (Å²) in [6.45, 7) is 13.6. The summed E-state index contributed by atoms with van der Waals surface area (Å²) in [5, 5.41) is 3.14. The van der Waals surface area contributed by atoms with Crippen molar-refractivity contribution in [3.05, 3.63) is 41.1 Å². The van der Waals surface area contributed by atoms with Gasteiger partial charge in [0.1, 0.15) is 17.7 Å². The first-order chi connectivity index (χ1) is 18.9. The Morgan fingerprint density at radius 3 is 2.30 bits per heavy atom. The molecule has 1 aromatic carbocycles. The predicted octanol–water partition coefficient (Wildman–Crippen LogP) is 6.82. The molecule has 222 valence electrons. The Labute approximate surface area is 242 Å². The predicted molar refractivity (Wildman–Crippen MR) is 161 cm³/mol. The lowest BCUT2D eigenvalue weighted by Gasteiger charge is -2.27. The van der Waals surface area contributed by atoms with Crippen molar-refractivity contribution in [1.82, 2.24) is 14.6 Å². The average molecular weight is 574 g/mol. The van der Waals surface area contributed by atoms with Crippen LogP contribution in [0.5, 0.6) is 0 Å². The molecule has 0 spiro atoms. The second-order valence-corrected chi connectivity index (χ2v) is 14.8. The molecule has 0 bridgehead atoms. The monoisotopic (exact) mass is 573 g/mol. The zero-order chi connectivity index (χ0) is 29.1. The number of ether oxygens (including phenoxy) is 1. The number of aromatic nitrogens is 1. The highest BCUT2D eigenvalue weighted by atomic mass is 32.2. The highest BCUT2D eigenvalue weighted by molar-refractivity contribution is 7.83. The fourth-order valence-corrected chi connectivity index (χ4v) is 7.30. The largest absolute Gasteiger partial charge is 0.381 e. The third-order valence-corrected chi connectivity index (χ3v) is 9.54. The Kier molecular flexibility index (Phi) is 9.95. The topological polar surface area (TPSA) is 72.4 Å². The first kappa shape index (κ1) is 30.9. The summed E-state index contributed by atoms with van der Waals surface area (Å²) in [6, 6.07) is 7.90. The molecule has 1 saturated heterocycles. The summed E-state index contributed by atoms with van der Waals surface area (Å²) in [5.41, 5.74) is 3.02. The van der Waals surface area contributed by atoms with Crippen LogP contribution in [0.25, 0.3) is 11.3 Å². The molecule has 2 N–H and O–H groups in total. The van der Waals surface area contributed by atoms with Crippen LogP contribution in [0, 0.1) is 5.92 Å². The summed E-state index contributed by atoms with van der Waals surface area (Å²) in [5.74, 6) is 0.243. The third kappa shape index (κ3) is 7.62. The molecule has 40 heavy (non-hydrogen) atoms. The van der Waals surface area contributed by atoms with Crippen LogP contribution in [0.4, 0.5) is 4.39 Å². The van der Waals surface area contributed by atoms with Gasteiger partial charge in [0, 0.05) is 37.0 Å². The van der Waals surface area contributed by atoms with E-state index in [2.05, 4.69) is 41.4 Å². The number of benzene rings is 1. The van der Waals surface area contributed by atoms with Crippen molar-refractivity contribution < 1.29 is 18.1 Å². The lowest BCUT2D eigenvalue weighted by atomic mass is 9.85. The number of alkyl halides is 1. The van der Waals surface area contributed by atoms with Crippen LogP contribution in [-0.2, 0) is 34.4 Å². The average Bonchev–Trinajstić information content (AvgIpc) is 3.26. The van der Waals surface area contributed by atoms with E-state index in [9.17, 15) is 13.4 Å². The van der Waals surface area contributed by atoms with E-state index in [0.717, 1.165) is 47.4 Å². The van der Waals surface area contributed by atoms with Gasteiger partial charge in [-0.3, -0.25) is 4.79 Å². The van der Waals surface area contributed by atoms with Gasteiger partial charge in [0.25, 0.3) is 5.91 Å².